The Balaban J connectivity index is 1.24. The molecule has 1 saturated heterocycles. The summed E-state index contributed by atoms with van der Waals surface area (Å²) >= 11 is 0. The van der Waals surface area contributed by atoms with E-state index in [1.54, 1.807) is 0 Å². The number of hydrogen-bond acceptors (Lipinski definition) is 7. The van der Waals surface area contributed by atoms with Crippen LogP contribution in [0.25, 0.3) is 22.4 Å². The van der Waals surface area contributed by atoms with Crippen molar-refractivity contribution in [2.45, 2.75) is 12.8 Å². The van der Waals surface area contributed by atoms with Crippen molar-refractivity contribution in [1.29, 1.82) is 0 Å². The van der Waals surface area contributed by atoms with Crippen molar-refractivity contribution in [1.82, 2.24) is 20.0 Å². The number of fused-ring (bicyclic) bond motifs is 1. The first kappa shape index (κ1) is 28.2. The van der Waals surface area contributed by atoms with Crippen molar-refractivity contribution in [2.24, 2.45) is 0 Å². The molecule has 8 nitrogen and oxygen atoms in total. The first-order valence-corrected chi connectivity index (χ1v) is 14.9. The summed E-state index contributed by atoms with van der Waals surface area (Å²) in [5.74, 6) is 2.26. The van der Waals surface area contributed by atoms with Gasteiger partial charge >= 0.3 is 0 Å². The Morgan fingerprint density at radius 3 is 2.36 bits per heavy atom. The topological polar surface area (TPSA) is 84.6 Å². The number of anilines is 1. The van der Waals surface area contributed by atoms with Crippen LogP contribution >= 0.6 is 0 Å². The van der Waals surface area contributed by atoms with Gasteiger partial charge in [0.25, 0.3) is 11.6 Å². The van der Waals surface area contributed by atoms with Crippen LogP contribution in [0.5, 0.6) is 11.5 Å². The number of ether oxygens (including phenoxy) is 1. The van der Waals surface area contributed by atoms with Gasteiger partial charge < -0.3 is 19.1 Å². The fourth-order valence-corrected chi connectivity index (χ4v) is 5.60. The molecule has 7 rings (SSSR count). The Kier molecular flexibility index (Phi) is 7.89. The third-order valence-corrected chi connectivity index (χ3v) is 7.83. The Bertz CT molecular complexity index is 1930. The normalized spacial score (nSPS) is 13.5. The van der Waals surface area contributed by atoms with Crippen LogP contribution in [0, 0.1) is 5.82 Å². The third-order valence-electron chi connectivity index (χ3n) is 7.83. The number of benzene rings is 4. The molecule has 0 atom stereocenters. The highest BCUT2D eigenvalue weighted by Crippen LogP contribution is 2.36. The maximum absolute atomic E-state index is 13.5. The van der Waals surface area contributed by atoms with Crippen LogP contribution < -0.4 is 9.64 Å². The predicted octanol–water partition coefficient (Wildman–Crippen LogP) is 7.16. The molecule has 4 aromatic carbocycles. The van der Waals surface area contributed by atoms with E-state index in [2.05, 4.69) is 10.1 Å². The third kappa shape index (κ3) is 6.24. The van der Waals surface area contributed by atoms with Crippen molar-refractivity contribution < 1.29 is 18.4 Å². The summed E-state index contributed by atoms with van der Waals surface area (Å²) < 4.78 is 25.4. The molecule has 2 aromatic heterocycles. The van der Waals surface area contributed by atoms with Gasteiger partial charge in [-0.15, -0.1) is 0 Å². The Labute approximate surface area is 259 Å². The van der Waals surface area contributed by atoms with E-state index in [9.17, 15) is 9.18 Å². The standard InChI is InChI=1S/C36H30FN5O3/c37-28-17-15-26(16-18-28)36(43)42-20-8-19-41(21-22-42)34-32-33(27-11-7-14-30(24-27)44-29-12-5-2-6-13-29)40-45-35(32)39-31(38-34)23-25-9-3-1-4-10-25/h1-7,9-18,24H,8,19-23H2. The van der Waals surface area contributed by atoms with Crippen LogP contribution in [-0.4, -0.2) is 52.1 Å². The molecule has 1 aliphatic heterocycles. The Morgan fingerprint density at radius 1 is 0.800 bits per heavy atom. The summed E-state index contributed by atoms with van der Waals surface area (Å²) in [6.45, 7) is 2.28. The lowest BCUT2D eigenvalue weighted by molar-refractivity contribution is 0.0767. The summed E-state index contributed by atoms with van der Waals surface area (Å²) in [4.78, 5) is 27.1. The minimum Gasteiger partial charge on any atom is -0.457 e. The number of nitrogens with zero attached hydrogens (tertiary/aromatic N) is 5. The van der Waals surface area contributed by atoms with Crippen molar-refractivity contribution in [3.8, 4) is 22.8 Å². The molecule has 0 unspecified atom stereocenters. The van der Waals surface area contributed by atoms with Gasteiger partial charge in [0, 0.05) is 43.7 Å². The molecule has 224 valence electrons. The second-order valence-corrected chi connectivity index (χ2v) is 10.9. The number of amides is 1. The second-order valence-electron chi connectivity index (χ2n) is 10.9. The molecule has 9 heteroatoms. The minimum absolute atomic E-state index is 0.115. The lowest BCUT2D eigenvalue weighted by Crippen LogP contribution is -2.35. The molecule has 1 fully saturated rings. The van der Waals surface area contributed by atoms with E-state index in [1.165, 1.54) is 24.3 Å². The van der Waals surface area contributed by atoms with Gasteiger partial charge in [-0.2, -0.15) is 4.98 Å². The van der Waals surface area contributed by atoms with Crippen LogP contribution in [0.2, 0.25) is 0 Å². The average Bonchev–Trinajstić information content (AvgIpc) is 3.34. The molecule has 0 aliphatic carbocycles. The van der Waals surface area contributed by atoms with Gasteiger partial charge in [-0.3, -0.25) is 4.79 Å². The zero-order valence-corrected chi connectivity index (χ0v) is 24.5. The van der Waals surface area contributed by atoms with Crippen LogP contribution in [-0.2, 0) is 6.42 Å². The number of hydrogen-bond donors (Lipinski definition) is 0. The van der Waals surface area contributed by atoms with E-state index in [0.29, 0.717) is 72.3 Å². The van der Waals surface area contributed by atoms with Crippen LogP contribution in [0.15, 0.2) is 114 Å². The van der Waals surface area contributed by atoms with Crippen LogP contribution in [0.3, 0.4) is 0 Å². The van der Waals surface area contributed by atoms with Gasteiger partial charge in [0.1, 0.15) is 40.0 Å². The number of carbonyl (C=O) groups is 1. The SMILES string of the molecule is O=C(c1ccc(F)cc1)N1CCCN(c2nc(Cc3ccccc3)nc3onc(-c4cccc(Oc5ccccc5)c4)c23)CC1. The smallest absolute Gasteiger partial charge is 0.263 e. The largest absolute Gasteiger partial charge is 0.457 e. The van der Waals surface area contributed by atoms with E-state index in [-0.39, 0.29) is 11.7 Å². The lowest BCUT2D eigenvalue weighted by Gasteiger charge is -2.24. The van der Waals surface area contributed by atoms with Crippen molar-refractivity contribution in [3.05, 3.63) is 132 Å². The molecule has 0 bridgehead atoms. The first-order valence-electron chi connectivity index (χ1n) is 14.9. The highest BCUT2D eigenvalue weighted by Gasteiger charge is 2.26. The molecule has 3 heterocycles. The van der Waals surface area contributed by atoms with Gasteiger partial charge in [0.15, 0.2) is 0 Å². The maximum Gasteiger partial charge on any atom is 0.263 e. The highest BCUT2D eigenvalue weighted by molar-refractivity contribution is 5.98. The summed E-state index contributed by atoms with van der Waals surface area (Å²) in [5.41, 5.74) is 3.39. The van der Waals surface area contributed by atoms with Gasteiger partial charge in [-0.25, -0.2) is 9.37 Å². The molecule has 1 aliphatic rings. The number of halogens is 1. The average molecular weight is 600 g/mol. The van der Waals surface area contributed by atoms with E-state index < -0.39 is 0 Å². The highest BCUT2D eigenvalue weighted by atomic mass is 19.1. The van der Waals surface area contributed by atoms with Gasteiger partial charge in [0.05, 0.1) is 0 Å². The number of para-hydroxylation sites is 1. The molecule has 0 saturated carbocycles. The van der Waals surface area contributed by atoms with E-state index in [4.69, 9.17) is 19.2 Å². The fourth-order valence-electron chi connectivity index (χ4n) is 5.60. The predicted molar refractivity (Wildman–Crippen MR) is 170 cm³/mol. The Hall–Kier alpha value is -5.57. The lowest BCUT2D eigenvalue weighted by atomic mass is 10.1. The Morgan fingerprint density at radius 2 is 1.56 bits per heavy atom. The summed E-state index contributed by atoms with van der Waals surface area (Å²) in [5, 5.41) is 5.19. The van der Waals surface area contributed by atoms with E-state index in [1.807, 2.05) is 89.8 Å². The van der Waals surface area contributed by atoms with Crippen molar-refractivity contribution >= 4 is 22.8 Å². The molecular formula is C36H30FN5O3. The molecular weight excluding hydrogens is 569 g/mol. The van der Waals surface area contributed by atoms with Gasteiger partial charge in [-0.1, -0.05) is 65.8 Å². The van der Waals surface area contributed by atoms with Crippen LogP contribution in [0.4, 0.5) is 10.2 Å². The number of carbonyl (C=O) groups excluding carboxylic acids is 1. The van der Waals surface area contributed by atoms with Crippen molar-refractivity contribution in [3.63, 3.8) is 0 Å². The zero-order valence-electron chi connectivity index (χ0n) is 24.5. The van der Waals surface area contributed by atoms with Gasteiger partial charge in [-0.05, 0) is 60.5 Å². The number of rotatable bonds is 7. The fraction of sp³-hybridized carbons (Fsp3) is 0.167. The van der Waals surface area contributed by atoms with Crippen molar-refractivity contribution in [2.75, 3.05) is 31.1 Å². The molecule has 45 heavy (non-hydrogen) atoms. The monoisotopic (exact) mass is 599 g/mol. The summed E-state index contributed by atoms with van der Waals surface area (Å²) in [6.07, 6.45) is 1.26. The molecule has 0 N–H and O–H groups in total. The molecule has 0 spiro atoms. The van der Waals surface area contributed by atoms with E-state index in [0.717, 1.165) is 23.3 Å². The first-order chi connectivity index (χ1) is 22.1. The summed E-state index contributed by atoms with van der Waals surface area (Å²) in [7, 11) is 0. The minimum atomic E-state index is -0.366. The molecule has 0 radical (unpaired) electrons. The van der Waals surface area contributed by atoms with Gasteiger partial charge in [0.2, 0.25) is 0 Å². The quantitative estimate of drug-likeness (QED) is 0.193. The molecule has 6 aromatic rings. The maximum atomic E-state index is 13.5. The van der Waals surface area contributed by atoms with E-state index >= 15 is 0 Å². The van der Waals surface area contributed by atoms with Crippen LogP contribution in [0.1, 0.15) is 28.2 Å². The summed E-state index contributed by atoms with van der Waals surface area (Å²) in [6, 6.07) is 33.1. The second kappa shape index (κ2) is 12.6. The molecule has 1 amide bonds. The number of aromatic nitrogens is 3. The zero-order chi connectivity index (χ0) is 30.6.